The zero-order valence-corrected chi connectivity index (χ0v) is 15.6. The van der Waals surface area contributed by atoms with Crippen molar-refractivity contribution in [3.05, 3.63) is 48.0 Å². The van der Waals surface area contributed by atoms with Gasteiger partial charge in [-0.25, -0.2) is 17.2 Å². The number of ether oxygens (including phenoxy) is 2. The van der Waals surface area contributed by atoms with Crippen LogP contribution >= 0.6 is 0 Å². The third-order valence-electron chi connectivity index (χ3n) is 3.55. The van der Waals surface area contributed by atoms with Gasteiger partial charge in [0, 0.05) is 17.8 Å². The predicted octanol–water partition coefficient (Wildman–Crippen LogP) is 2.39. The lowest BCUT2D eigenvalue weighted by atomic mass is 10.2. The van der Waals surface area contributed by atoms with Gasteiger partial charge < -0.3 is 14.8 Å². The highest BCUT2D eigenvalue weighted by Crippen LogP contribution is 2.29. The van der Waals surface area contributed by atoms with E-state index in [4.69, 9.17) is 9.47 Å². The zero-order chi connectivity index (χ0) is 20.2. The monoisotopic (exact) mass is 400 g/mol. The Bertz CT molecular complexity index is 950. The summed E-state index contributed by atoms with van der Waals surface area (Å²) in [6, 6.07) is 7.18. The average molecular weight is 400 g/mol. The van der Waals surface area contributed by atoms with Crippen LogP contribution in [-0.2, 0) is 14.8 Å². The number of halogens is 2. The van der Waals surface area contributed by atoms with Gasteiger partial charge in [-0.15, -0.1) is 0 Å². The van der Waals surface area contributed by atoms with E-state index in [1.54, 1.807) is 12.1 Å². The Kier molecular flexibility index (Phi) is 6.21. The third kappa shape index (κ3) is 5.07. The number of benzene rings is 2. The van der Waals surface area contributed by atoms with E-state index in [9.17, 15) is 22.0 Å². The summed E-state index contributed by atoms with van der Waals surface area (Å²) in [5.41, 5.74) is 0.176. The summed E-state index contributed by atoms with van der Waals surface area (Å²) < 4.78 is 61.4. The number of methoxy groups -OCH3 is 2. The fourth-order valence-electron chi connectivity index (χ4n) is 2.29. The quantitative estimate of drug-likeness (QED) is 0.772. The van der Waals surface area contributed by atoms with Gasteiger partial charge in [0.25, 0.3) is 0 Å². The normalized spacial score (nSPS) is 11.0. The van der Waals surface area contributed by atoms with Crippen LogP contribution in [0.1, 0.15) is 0 Å². The Morgan fingerprint density at radius 2 is 1.70 bits per heavy atom. The number of amides is 1. The number of hydrogen-bond donors (Lipinski definition) is 1. The highest BCUT2D eigenvalue weighted by atomic mass is 32.2. The number of hydrogen-bond acceptors (Lipinski definition) is 5. The Morgan fingerprint density at radius 1 is 1.04 bits per heavy atom. The molecule has 2 aromatic carbocycles. The molecule has 27 heavy (non-hydrogen) atoms. The van der Waals surface area contributed by atoms with Crippen LogP contribution in [0, 0.1) is 11.6 Å². The van der Waals surface area contributed by atoms with Crippen LogP contribution in [0.2, 0.25) is 0 Å². The molecular weight excluding hydrogens is 382 g/mol. The first-order valence-electron chi connectivity index (χ1n) is 7.60. The van der Waals surface area contributed by atoms with Crippen molar-refractivity contribution in [1.29, 1.82) is 0 Å². The SMILES string of the molecule is COc1ccc(NC(=O)CN(c2ccc(F)c(F)c2)S(C)(=O)=O)cc1OC. The van der Waals surface area contributed by atoms with Crippen LogP contribution in [-0.4, -0.2) is 41.3 Å². The topological polar surface area (TPSA) is 84.9 Å². The van der Waals surface area contributed by atoms with E-state index < -0.39 is 34.1 Å². The molecule has 0 fully saturated rings. The van der Waals surface area contributed by atoms with Gasteiger partial charge in [0.2, 0.25) is 15.9 Å². The van der Waals surface area contributed by atoms with Crippen molar-refractivity contribution in [2.24, 2.45) is 0 Å². The fraction of sp³-hybridized carbons (Fsp3) is 0.235. The smallest absolute Gasteiger partial charge is 0.245 e. The number of sulfonamides is 1. The van der Waals surface area contributed by atoms with Crippen LogP contribution in [0.4, 0.5) is 20.2 Å². The summed E-state index contributed by atoms with van der Waals surface area (Å²) in [7, 11) is -1.03. The molecule has 10 heteroatoms. The molecule has 0 spiro atoms. The molecule has 0 aromatic heterocycles. The second-order valence-electron chi connectivity index (χ2n) is 5.49. The third-order valence-corrected chi connectivity index (χ3v) is 4.69. The Hall–Kier alpha value is -2.88. The minimum absolute atomic E-state index is 0.168. The molecule has 146 valence electrons. The molecule has 7 nitrogen and oxygen atoms in total. The van der Waals surface area contributed by atoms with Crippen molar-refractivity contribution >= 4 is 27.3 Å². The second-order valence-corrected chi connectivity index (χ2v) is 7.39. The lowest BCUT2D eigenvalue weighted by molar-refractivity contribution is -0.114. The average Bonchev–Trinajstić information content (AvgIpc) is 2.61. The predicted molar refractivity (Wildman–Crippen MR) is 96.7 cm³/mol. The van der Waals surface area contributed by atoms with Gasteiger partial charge in [0.1, 0.15) is 6.54 Å². The minimum Gasteiger partial charge on any atom is -0.493 e. The van der Waals surface area contributed by atoms with Gasteiger partial charge in [0.05, 0.1) is 26.2 Å². The van der Waals surface area contributed by atoms with Gasteiger partial charge in [-0.3, -0.25) is 9.10 Å². The molecule has 0 radical (unpaired) electrons. The lowest BCUT2D eigenvalue weighted by Crippen LogP contribution is -2.37. The molecule has 0 heterocycles. The molecule has 0 aliphatic heterocycles. The first kappa shape index (κ1) is 20.4. The van der Waals surface area contributed by atoms with E-state index in [-0.39, 0.29) is 5.69 Å². The van der Waals surface area contributed by atoms with Crippen molar-refractivity contribution in [2.45, 2.75) is 0 Å². The molecule has 0 aliphatic carbocycles. The van der Waals surface area contributed by atoms with Crippen LogP contribution in [0.5, 0.6) is 11.5 Å². The number of nitrogens with zero attached hydrogens (tertiary/aromatic N) is 1. The van der Waals surface area contributed by atoms with Gasteiger partial charge >= 0.3 is 0 Å². The van der Waals surface area contributed by atoms with Gasteiger partial charge in [-0.1, -0.05) is 0 Å². The Morgan fingerprint density at radius 3 is 2.26 bits per heavy atom. The van der Waals surface area contributed by atoms with Crippen LogP contribution < -0.4 is 19.1 Å². The highest BCUT2D eigenvalue weighted by Gasteiger charge is 2.22. The molecule has 0 atom stereocenters. The molecule has 0 saturated heterocycles. The number of rotatable bonds is 7. The standard InChI is InChI=1S/C17H18F2N2O5S/c1-25-15-7-4-11(8-16(15)26-2)20-17(22)10-21(27(3,23)24)12-5-6-13(18)14(19)9-12/h4-9H,10H2,1-3H3,(H,20,22). The number of carbonyl (C=O) groups excluding carboxylic acids is 1. The summed E-state index contributed by atoms with van der Waals surface area (Å²) in [5.74, 6) is -2.20. The number of carbonyl (C=O) groups is 1. The largest absolute Gasteiger partial charge is 0.493 e. The van der Waals surface area contributed by atoms with Crippen LogP contribution in [0.15, 0.2) is 36.4 Å². The molecule has 1 amide bonds. The van der Waals surface area contributed by atoms with Gasteiger partial charge in [-0.2, -0.15) is 0 Å². The van der Waals surface area contributed by atoms with E-state index in [0.717, 1.165) is 18.4 Å². The molecule has 0 unspecified atom stereocenters. The van der Waals surface area contributed by atoms with Crippen molar-refractivity contribution in [2.75, 3.05) is 36.6 Å². The summed E-state index contributed by atoms with van der Waals surface area (Å²) in [4.78, 5) is 12.3. The Balaban J connectivity index is 2.23. The molecule has 0 bridgehead atoms. The Labute approximate surface area is 155 Å². The number of anilines is 2. The van der Waals surface area contributed by atoms with E-state index in [1.165, 1.54) is 20.3 Å². The molecule has 1 N–H and O–H groups in total. The number of nitrogens with one attached hydrogen (secondary N) is 1. The molecule has 0 saturated carbocycles. The molecule has 2 aromatic rings. The zero-order valence-electron chi connectivity index (χ0n) is 14.8. The van der Waals surface area contributed by atoms with Crippen molar-refractivity contribution < 1.29 is 31.5 Å². The van der Waals surface area contributed by atoms with Crippen molar-refractivity contribution in [1.82, 2.24) is 0 Å². The van der Waals surface area contributed by atoms with E-state index in [0.29, 0.717) is 27.6 Å². The van der Waals surface area contributed by atoms with Crippen molar-refractivity contribution in [3.8, 4) is 11.5 Å². The van der Waals surface area contributed by atoms with Crippen LogP contribution in [0.3, 0.4) is 0 Å². The maximum Gasteiger partial charge on any atom is 0.245 e. The van der Waals surface area contributed by atoms with Crippen molar-refractivity contribution in [3.63, 3.8) is 0 Å². The van der Waals surface area contributed by atoms with E-state index in [2.05, 4.69) is 5.32 Å². The molecule has 0 aliphatic rings. The summed E-state index contributed by atoms with van der Waals surface area (Å²) >= 11 is 0. The van der Waals surface area contributed by atoms with Gasteiger partial charge in [0.15, 0.2) is 23.1 Å². The minimum atomic E-state index is -3.92. The first-order valence-corrected chi connectivity index (χ1v) is 9.45. The first-order chi connectivity index (χ1) is 12.7. The maximum absolute atomic E-state index is 13.4. The molecular formula is C17H18F2N2O5S. The van der Waals surface area contributed by atoms with E-state index >= 15 is 0 Å². The lowest BCUT2D eigenvalue weighted by Gasteiger charge is -2.22. The summed E-state index contributed by atoms with van der Waals surface area (Å²) in [6.07, 6.45) is 0.859. The summed E-state index contributed by atoms with van der Waals surface area (Å²) in [5, 5.41) is 2.52. The van der Waals surface area contributed by atoms with Crippen LogP contribution in [0.25, 0.3) is 0 Å². The maximum atomic E-state index is 13.4. The molecule has 2 rings (SSSR count). The van der Waals surface area contributed by atoms with Gasteiger partial charge in [-0.05, 0) is 24.3 Å². The van der Waals surface area contributed by atoms with E-state index in [1.807, 2.05) is 0 Å². The summed E-state index contributed by atoms with van der Waals surface area (Å²) in [6.45, 7) is -0.627. The second kappa shape index (κ2) is 8.21. The highest BCUT2D eigenvalue weighted by molar-refractivity contribution is 7.92. The fourth-order valence-corrected chi connectivity index (χ4v) is 3.13.